The van der Waals surface area contributed by atoms with Crippen molar-refractivity contribution in [2.45, 2.75) is 0 Å². The summed E-state index contributed by atoms with van der Waals surface area (Å²) in [4.78, 5) is 2.39. The zero-order chi connectivity index (χ0) is 39.8. The Morgan fingerprint density at radius 3 is 1.40 bits per heavy atom. The predicted octanol–water partition coefficient (Wildman–Crippen LogP) is 16.1. The van der Waals surface area contributed by atoms with Crippen LogP contribution in [0.5, 0.6) is 0 Å². The Labute approximate surface area is 350 Å². The van der Waals surface area contributed by atoms with Gasteiger partial charge in [0.2, 0.25) is 0 Å². The van der Waals surface area contributed by atoms with Crippen molar-refractivity contribution in [3.05, 3.63) is 243 Å². The number of anilines is 3. The van der Waals surface area contributed by atoms with Crippen LogP contribution in [-0.2, 0) is 0 Å². The van der Waals surface area contributed by atoms with Crippen LogP contribution in [0.4, 0.5) is 17.1 Å². The molecule has 2 nitrogen and oxygen atoms in total. The molecule has 1 heterocycles. The second-order valence-electron chi connectivity index (χ2n) is 15.3. The van der Waals surface area contributed by atoms with Gasteiger partial charge in [0.25, 0.3) is 0 Å². The lowest BCUT2D eigenvalue weighted by Gasteiger charge is -2.28. The third kappa shape index (κ3) is 6.14. The van der Waals surface area contributed by atoms with Crippen molar-refractivity contribution in [1.82, 2.24) is 4.57 Å². The van der Waals surface area contributed by atoms with E-state index in [9.17, 15) is 0 Å². The molecule has 10 aromatic carbocycles. The molecule has 0 aliphatic heterocycles. The SMILES string of the molecule is c1ccc(-c2ccccc2N(c2ccc(-c3ccccc3-c3ccccc3-n3c4ccccc4c4ccccc43)cc2)c2ccc(-c3cccc4ccccc34)cc2)cc1. The van der Waals surface area contributed by atoms with E-state index in [1.165, 1.54) is 71.5 Å². The molecule has 11 aromatic rings. The molecule has 0 atom stereocenters. The largest absolute Gasteiger partial charge is 0.310 e. The van der Waals surface area contributed by atoms with Gasteiger partial charge in [-0.25, -0.2) is 0 Å². The van der Waals surface area contributed by atoms with Gasteiger partial charge in [0.1, 0.15) is 0 Å². The molecular formula is C58H40N2. The van der Waals surface area contributed by atoms with E-state index in [0.29, 0.717) is 0 Å². The van der Waals surface area contributed by atoms with Gasteiger partial charge in [-0.2, -0.15) is 0 Å². The Balaban J connectivity index is 1.03. The number of nitrogens with zero attached hydrogens (tertiary/aromatic N) is 2. The molecule has 0 aliphatic carbocycles. The fourth-order valence-corrected chi connectivity index (χ4v) is 9.06. The van der Waals surface area contributed by atoms with Crippen LogP contribution in [0.3, 0.4) is 0 Å². The molecule has 0 unspecified atom stereocenters. The van der Waals surface area contributed by atoms with Gasteiger partial charge < -0.3 is 9.47 Å². The van der Waals surface area contributed by atoms with E-state index in [1.807, 2.05) is 0 Å². The molecule has 0 radical (unpaired) electrons. The fraction of sp³-hybridized carbons (Fsp3) is 0. The molecule has 2 heteroatoms. The minimum absolute atomic E-state index is 1.09. The predicted molar refractivity (Wildman–Crippen MR) is 255 cm³/mol. The van der Waals surface area contributed by atoms with Crippen LogP contribution in [0, 0.1) is 0 Å². The number of para-hydroxylation sites is 4. The van der Waals surface area contributed by atoms with Crippen LogP contribution >= 0.6 is 0 Å². The zero-order valence-corrected chi connectivity index (χ0v) is 33.0. The van der Waals surface area contributed by atoms with E-state index in [1.54, 1.807) is 0 Å². The van der Waals surface area contributed by atoms with Crippen molar-refractivity contribution in [2.24, 2.45) is 0 Å². The lowest BCUT2D eigenvalue weighted by molar-refractivity contribution is 1.18. The van der Waals surface area contributed by atoms with Crippen LogP contribution in [0.25, 0.3) is 82.8 Å². The van der Waals surface area contributed by atoms with Gasteiger partial charge in [0.05, 0.1) is 22.4 Å². The highest BCUT2D eigenvalue weighted by Crippen LogP contribution is 2.44. The molecule has 1 aromatic heterocycles. The summed E-state index contributed by atoms with van der Waals surface area (Å²) in [5.41, 5.74) is 16.4. The average Bonchev–Trinajstić information content (AvgIpc) is 3.67. The minimum atomic E-state index is 1.09. The molecule has 0 amide bonds. The van der Waals surface area contributed by atoms with Gasteiger partial charge in [-0.05, 0) is 92.7 Å². The molecule has 0 saturated heterocycles. The first-order chi connectivity index (χ1) is 29.8. The van der Waals surface area contributed by atoms with E-state index in [-0.39, 0.29) is 0 Å². The Kier molecular flexibility index (Phi) is 8.87. The second kappa shape index (κ2) is 15.1. The Hall–Kier alpha value is -7.94. The van der Waals surface area contributed by atoms with Crippen molar-refractivity contribution in [3.8, 4) is 50.2 Å². The molecule has 0 N–H and O–H groups in total. The summed E-state index contributed by atoms with van der Waals surface area (Å²) in [7, 11) is 0. The Bertz CT molecular complexity index is 3240. The summed E-state index contributed by atoms with van der Waals surface area (Å²) in [6, 6.07) is 87.8. The van der Waals surface area contributed by atoms with Gasteiger partial charge in [-0.3, -0.25) is 0 Å². The molecular weight excluding hydrogens is 725 g/mol. The number of benzene rings is 10. The smallest absolute Gasteiger partial charge is 0.0541 e. The lowest BCUT2D eigenvalue weighted by Crippen LogP contribution is -2.11. The second-order valence-corrected chi connectivity index (χ2v) is 15.3. The topological polar surface area (TPSA) is 8.17 Å². The minimum Gasteiger partial charge on any atom is -0.310 e. The van der Waals surface area contributed by atoms with Crippen LogP contribution in [0.1, 0.15) is 0 Å². The summed E-state index contributed by atoms with van der Waals surface area (Å²) >= 11 is 0. The third-order valence-electron chi connectivity index (χ3n) is 11.8. The number of aromatic nitrogens is 1. The van der Waals surface area contributed by atoms with Gasteiger partial charge >= 0.3 is 0 Å². The van der Waals surface area contributed by atoms with Gasteiger partial charge in [-0.15, -0.1) is 0 Å². The van der Waals surface area contributed by atoms with Gasteiger partial charge in [0, 0.05) is 33.3 Å². The van der Waals surface area contributed by atoms with E-state index in [4.69, 9.17) is 0 Å². The van der Waals surface area contributed by atoms with Crippen molar-refractivity contribution in [2.75, 3.05) is 4.90 Å². The molecule has 0 saturated carbocycles. The van der Waals surface area contributed by atoms with E-state index in [2.05, 4.69) is 252 Å². The van der Waals surface area contributed by atoms with Crippen molar-refractivity contribution < 1.29 is 0 Å². The monoisotopic (exact) mass is 764 g/mol. The maximum atomic E-state index is 2.42. The normalized spacial score (nSPS) is 11.3. The summed E-state index contributed by atoms with van der Waals surface area (Å²) in [5, 5.41) is 5.02. The number of hydrogen-bond acceptors (Lipinski definition) is 1. The lowest BCUT2D eigenvalue weighted by atomic mass is 9.93. The molecule has 0 aliphatic rings. The van der Waals surface area contributed by atoms with Crippen molar-refractivity contribution >= 4 is 49.6 Å². The molecule has 0 bridgehead atoms. The van der Waals surface area contributed by atoms with Crippen molar-refractivity contribution in [1.29, 1.82) is 0 Å². The standard InChI is InChI=1S/C58H40N2/c1-2-17-42(18-3-1)50-23-8-12-29-55(50)59(45-37-33-43(34-38-45)48-28-16-20-41-19-4-5-21-47(41)48)46-39-35-44(36-40-46)49-22-6-7-24-51(49)52-25-9-13-30-56(52)60-57-31-14-10-26-53(57)54-27-11-15-32-58(54)60/h1-40H. The molecule has 11 rings (SSSR count). The van der Waals surface area contributed by atoms with Crippen LogP contribution < -0.4 is 4.90 Å². The summed E-state index contributed by atoms with van der Waals surface area (Å²) in [6.45, 7) is 0. The van der Waals surface area contributed by atoms with Crippen LogP contribution in [-0.4, -0.2) is 4.57 Å². The number of hydrogen-bond donors (Lipinski definition) is 0. The quantitative estimate of drug-likeness (QED) is 0.150. The Morgan fingerprint density at radius 2 is 0.717 bits per heavy atom. The highest BCUT2D eigenvalue weighted by atomic mass is 15.1. The van der Waals surface area contributed by atoms with E-state index >= 15 is 0 Å². The molecule has 60 heavy (non-hydrogen) atoms. The van der Waals surface area contributed by atoms with Crippen molar-refractivity contribution in [3.63, 3.8) is 0 Å². The first-order valence-corrected chi connectivity index (χ1v) is 20.6. The molecule has 0 spiro atoms. The first-order valence-electron chi connectivity index (χ1n) is 20.6. The van der Waals surface area contributed by atoms with E-state index in [0.717, 1.165) is 28.3 Å². The summed E-state index contributed by atoms with van der Waals surface area (Å²) in [5.74, 6) is 0. The highest BCUT2D eigenvalue weighted by Gasteiger charge is 2.20. The maximum Gasteiger partial charge on any atom is 0.0541 e. The Morgan fingerprint density at radius 1 is 0.267 bits per heavy atom. The zero-order valence-electron chi connectivity index (χ0n) is 33.0. The van der Waals surface area contributed by atoms with Gasteiger partial charge in [-0.1, -0.05) is 194 Å². The molecule has 282 valence electrons. The van der Waals surface area contributed by atoms with Gasteiger partial charge in [0.15, 0.2) is 0 Å². The number of rotatable bonds is 8. The van der Waals surface area contributed by atoms with E-state index < -0.39 is 0 Å². The van der Waals surface area contributed by atoms with Crippen LogP contribution in [0.15, 0.2) is 243 Å². The summed E-state index contributed by atoms with van der Waals surface area (Å²) in [6.07, 6.45) is 0. The fourth-order valence-electron chi connectivity index (χ4n) is 9.06. The molecule has 0 fully saturated rings. The first kappa shape index (κ1) is 35.2. The number of fused-ring (bicyclic) bond motifs is 4. The third-order valence-corrected chi connectivity index (χ3v) is 11.8. The van der Waals surface area contributed by atoms with Crippen LogP contribution in [0.2, 0.25) is 0 Å². The summed E-state index contributed by atoms with van der Waals surface area (Å²) < 4.78 is 2.42. The average molecular weight is 765 g/mol. The highest BCUT2D eigenvalue weighted by molar-refractivity contribution is 6.10. The maximum absolute atomic E-state index is 2.42.